The third-order valence-electron chi connectivity index (χ3n) is 3.93. The maximum absolute atomic E-state index is 11.5. The highest BCUT2D eigenvalue weighted by Gasteiger charge is 2.39. The van der Waals surface area contributed by atoms with Crippen LogP contribution in [0.5, 0.6) is 0 Å². The summed E-state index contributed by atoms with van der Waals surface area (Å²) in [7, 11) is 2.20. The number of Topliss-reactive ketones (excluding diaryl/α,β-unsaturated/α-hetero) is 1. The van der Waals surface area contributed by atoms with Gasteiger partial charge in [-0.15, -0.1) is 0 Å². The Kier molecular flexibility index (Phi) is 2.41. The van der Waals surface area contributed by atoms with Crippen LogP contribution in [0.1, 0.15) is 39.0 Å². The number of carbonyl (C=O) groups is 1. The van der Waals surface area contributed by atoms with Crippen LogP contribution in [-0.2, 0) is 4.79 Å². The Bertz CT molecular complexity index is 214. The van der Waals surface area contributed by atoms with Crippen LogP contribution in [0.3, 0.4) is 0 Å². The van der Waals surface area contributed by atoms with Crippen LogP contribution in [-0.4, -0.2) is 29.8 Å². The van der Waals surface area contributed by atoms with Gasteiger partial charge in [-0.1, -0.05) is 6.42 Å². The summed E-state index contributed by atoms with van der Waals surface area (Å²) in [5.74, 6) is 0.733. The van der Waals surface area contributed by atoms with E-state index in [-0.39, 0.29) is 0 Å². The van der Waals surface area contributed by atoms with Gasteiger partial charge in [0.15, 0.2) is 0 Å². The molecule has 0 saturated carbocycles. The fourth-order valence-electron chi connectivity index (χ4n) is 3.11. The largest absolute Gasteiger partial charge is 0.300 e. The molecule has 2 nitrogen and oxygen atoms in total. The van der Waals surface area contributed by atoms with Gasteiger partial charge in [-0.3, -0.25) is 9.69 Å². The fraction of sp³-hybridized carbons (Fsp3) is 0.909. The number of rotatable bonds is 1. The number of hydrogen-bond acceptors (Lipinski definition) is 2. The summed E-state index contributed by atoms with van der Waals surface area (Å²) < 4.78 is 0. The summed E-state index contributed by atoms with van der Waals surface area (Å²) in [5, 5.41) is 0. The lowest BCUT2D eigenvalue weighted by Gasteiger charge is -2.26. The predicted molar refractivity (Wildman–Crippen MR) is 52.6 cm³/mol. The van der Waals surface area contributed by atoms with E-state index in [1.165, 1.54) is 25.7 Å². The molecule has 0 aromatic carbocycles. The molecule has 0 aromatic heterocycles. The summed E-state index contributed by atoms with van der Waals surface area (Å²) >= 11 is 0. The van der Waals surface area contributed by atoms with Gasteiger partial charge in [-0.05, 0) is 39.7 Å². The minimum absolute atomic E-state index is 0.331. The molecular weight excluding hydrogens is 162 g/mol. The van der Waals surface area contributed by atoms with Crippen LogP contribution in [0.2, 0.25) is 0 Å². The first-order valence-corrected chi connectivity index (χ1v) is 5.42. The molecule has 2 rings (SSSR count). The maximum Gasteiger partial charge on any atom is 0.134 e. The van der Waals surface area contributed by atoms with Crippen LogP contribution in [0.15, 0.2) is 0 Å². The van der Waals surface area contributed by atoms with Crippen LogP contribution < -0.4 is 0 Å². The lowest BCUT2D eigenvalue weighted by Crippen LogP contribution is -2.37. The molecule has 2 bridgehead atoms. The zero-order chi connectivity index (χ0) is 9.42. The molecule has 0 N–H and O–H groups in total. The van der Waals surface area contributed by atoms with Crippen LogP contribution in [0.25, 0.3) is 0 Å². The lowest BCUT2D eigenvalue weighted by molar-refractivity contribution is -0.122. The van der Waals surface area contributed by atoms with E-state index in [1.54, 1.807) is 6.92 Å². The Labute approximate surface area is 80.3 Å². The van der Waals surface area contributed by atoms with Crippen LogP contribution in [0.4, 0.5) is 0 Å². The second-order valence-electron chi connectivity index (χ2n) is 4.61. The van der Waals surface area contributed by atoms with Gasteiger partial charge in [0.05, 0.1) is 0 Å². The summed E-state index contributed by atoms with van der Waals surface area (Å²) in [6.07, 6.45) is 6.23. The molecule has 74 valence electrons. The van der Waals surface area contributed by atoms with Crippen molar-refractivity contribution in [2.24, 2.45) is 5.92 Å². The van der Waals surface area contributed by atoms with E-state index in [0.717, 1.165) is 12.5 Å². The number of carbonyl (C=O) groups excluding carboxylic acids is 1. The van der Waals surface area contributed by atoms with Gasteiger partial charge in [0, 0.05) is 18.0 Å². The first kappa shape index (κ1) is 9.20. The SMILES string of the molecule is CC(=O)C1CCCC2CCC1N2C. The molecule has 0 spiro atoms. The standard InChI is InChI=1S/C11H19NO/c1-8(13)10-5-3-4-9-6-7-11(10)12(9)2/h9-11H,3-7H2,1-2H3. The molecule has 0 amide bonds. The highest BCUT2D eigenvalue weighted by Crippen LogP contribution is 2.36. The minimum Gasteiger partial charge on any atom is -0.300 e. The van der Waals surface area contributed by atoms with Gasteiger partial charge in [0.25, 0.3) is 0 Å². The predicted octanol–water partition coefficient (Wildman–Crippen LogP) is 1.84. The topological polar surface area (TPSA) is 20.3 Å². The van der Waals surface area contributed by atoms with Crippen molar-refractivity contribution in [2.45, 2.75) is 51.1 Å². The van der Waals surface area contributed by atoms with Crippen LogP contribution in [0, 0.1) is 5.92 Å². The zero-order valence-corrected chi connectivity index (χ0v) is 8.62. The first-order valence-electron chi connectivity index (χ1n) is 5.42. The summed E-state index contributed by atoms with van der Waals surface area (Å²) in [6, 6.07) is 1.33. The zero-order valence-electron chi connectivity index (χ0n) is 8.62. The Morgan fingerprint density at radius 1 is 1.23 bits per heavy atom. The summed E-state index contributed by atoms with van der Waals surface area (Å²) in [6.45, 7) is 1.76. The van der Waals surface area contributed by atoms with E-state index in [0.29, 0.717) is 17.7 Å². The molecule has 2 heteroatoms. The molecule has 2 aliphatic rings. The van der Waals surface area contributed by atoms with Crippen molar-refractivity contribution >= 4 is 5.78 Å². The van der Waals surface area contributed by atoms with E-state index >= 15 is 0 Å². The van der Waals surface area contributed by atoms with Gasteiger partial charge in [-0.25, -0.2) is 0 Å². The quantitative estimate of drug-likeness (QED) is 0.615. The van der Waals surface area contributed by atoms with Crippen molar-refractivity contribution in [1.29, 1.82) is 0 Å². The Morgan fingerprint density at radius 2 is 2.00 bits per heavy atom. The van der Waals surface area contributed by atoms with Crippen molar-refractivity contribution in [3.8, 4) is 0 Å². The van der Waals surface area contributed by atoms with Crippen molar-refractivity contribution in [2.75, 3.05) is 7.05 Å². The summed E-state index contributed by atoms with van der Waals surface area (Å²) in [5.41, 5.74) is 0. The Balaban J connectivity index is 2.16. The van der Waals surface area contributed by atoms with Gasteiger partial charge in [0.1, 0.15) is 5.78 Å². The maximum atomic E-state index is 11.5. The van der Waals surface area contributed by atoms with E-state index in [1.807, 2.05) is 0 Å². The van der Waals surface area contributed by atoms with Gasteiger partial charge in [0.2, 0.25) is 0 Å². The molecule has 0 radical (unpaired) electrons. The minimum atomic E-state index is 0.331. The molecule has 3 unspecified atom stereocenters. The second kappa shape index (κ2) is 3.41. The second-order valence-corrected chi connectivity index (χ2v) is 4.61. The fourth-order valence-corrected chi connectivity index (χ4v) is 3.11. The number of ketones is 1. The molecule has 0 aromatic rings. The van der Waals surface area contributed by atoms with Gasteiger partial charge in [-0.2, -0.15) is 0 Å². The molecule has 2 aliphatic heterocycles. The van der Waals surface area contributed by atoms with E-state index in [4.69, 9.17) is 0 Å². The van der Waals surface area contributed by atoms with E-state index < -0.39 is 0 Å². The average molecular weight is 181 g/mol. The van der Waals surface area contributed by atoms with Crippen molar-refractivity contribution in [1.82, 2.24) is 4.90 Å². The summed E-state index contributed by atoms with van der Waals surface area (Å²) in [4.78, 5) is 13.9. The highest BCUT2D eigenvalue weighted by atomic mass is 16.1. The van der Waals surface area contributed by atoms with Crippen LogP contribution >= 0.6 is 0 Å². The van der Waals surface area contributed by atoms with Crippen molar-refractivity contribution in [3.05, 3.63) is 0 Å². The number of hydrogen-bond donors (Lipinski definition) is 0. The average Bonchev–Trinajstić information content (AvgIpc) is 2.26. The molecular formula is C11H19NO. The monoisotopic (exact) mass is 181 g/mol. The van der Waals surface area contributed by atoms with Gasteiger partial charge >= 0.3 is 0 Å². The molecule has 3 atom stereocenters. The Hall–Kier alpha value is -0.370. The Morgan fingerprint density at radius 3 is 2.69 bits per heavy atom. The third-order valence-corrected chi connectivity index (χ3v) is 3.93. The molecule has 2 saturated heterocycles. The molecule has 2 heterocycles. The van der Waals surface area contributed by atoms with Gasteiger partial charge < -0.3 is 0 Å². The number of nitrogens with zero attached hydrogens (tertiary/aromatic N) is 1. The van der Waals surface area contributed by atoms with Crippen molar-refractivity contribution < 1.29 is 4.79 Å². The highest BCUT2D eigenvalue weighted by molar-refractivity contribution is 5.79. The molecule has 0 aliphatic carbocycles. The normalized spacial score (nSPS) is 40.3. The van der Waals surface area contributed by atoms with E-state index in [2.05, 4.69) is 11.9 Å². The molecule has 2 fully saturated rings. The first-order chi connectivity index (χ1) is 6.20. The number of fused-ring (bicyclic) bond motifs is 2. The third kappa shape index (κ3) is 1.52. The van der Waals surface area contributed by atoms with E-state index in [9.17, 15) is 4.79 Å². The van der Waals surface area contributed by atoms with Crippen molar-refractivity contribution in [3.63, 3.8) is 0 Å². The molecule has 13 heavy (non-hydrogen) atoms. The smallest absolute Gasteiger partial charge is 0.134 e. The lowest BCUT2D eigenvalue weighted by atomic mass is 9.88.